The molecule has 0 bridgehead atoms. The number of likely N-dealkylation sites (tertiary alicyclic amines) is 1. The second-order valence-corrected chi connectivity index (χ2v) is 9.55. The monoisotopic (exact) mass is 575 g/mol. The number of hydrogen-bond donors (Lipinski definition) is 2. The van der Waals surface area contributed by atoms with Crippen molar-refractivity contribution in [1.29, 1.82) is 0 Å². The Hall–Kier alpha value is -4.33. The molecule has 3 N–H and O–H groups in total. The molecule has 210 valence electrons. The normalized spacial score (nSPS) is 15.1. The maximum Gasteiger partial charge on any atom is 0.433 e. The van der Waals surface area contributed by atoms with Gasteiger partial charge in [-0.15, -0.1) is 0 Å². The van der Waals surface area contributed by atoms with Crippen LogP contribution in [0.5, 0.6) is 5.75 Å². The number of nitrogens with zero attached hydrogens (tertiary/aromatic N) is 7. The van der Waals surface area contributed by atoms with Gasteiger partial charge < -0.3 is 25.3 Å². The fraction of sp³-hybridized carbons (Fsp3) is 0.320. The van der Waals surface area contributed by atoms with Crippen LogP contribution in [0.15, 0.2) is 42.9 Å². The summed E-state index contributed by atoms with van der Waals surface area (Å²) in [7, 11) is 1.63. The summed E-state index contributed by atoms with van der Waals surface area (Å²) in [5.41, 5.74) is 5.94. The lowest BCUT2D eigenvalue weighted by molar-refractivity contribution is -0.146. The number of anilines is 2. The maximum atomic E-state index is 13.9. The molecule has 4 aromatic rings. The number of hydrogen-bond acceptors (Lipinski definition) is 8. The Labute approximate surface area is 231 Å². The van der Waals surface area contributed by atoms with Gasteiger partial charge in [0, 0.05) is 45.5 Å². The first kappa shape index (κ1) is 27.2. The lowest BCUT2D eigenvalue weighted by Crippen LogP contribution is -2.38. The third kappa shape index (κ3) is 5.26. The molecule has 4 aromatic heterocycles. The van der Waals surface area contributed by atoms with Crippen LogP contribution in [-0.4, -0.2) is 53.2 Å². The second kappa shape index (κ2) is 10.7. The molecule has 0 saturated carbocycles. The Balaban J connectivity index is 1.43. The quantitative estimate of drug-likeness (QED) is 0.322. The van der Waals surface area contributed by atoms with Crippen LogP contribution >= 0.6 is 11.6 Å². The first-order chi connectivity index (χ1) is 19.1. The molecule has 0 atom stereocenters. The summed E-state index contributed by atoms with van der Waals surface area (Å²) in [4.78, 5) is 26.1. The van der Waals surface area contributed by atoms with E-state index in [4.69, 9.17) is 22.1 Å². The minimum Gasteiger partial charge on any atom is -0.450 e. The van der Waals surface area contributed by atoms with E-state index >= 15 is 0 Å². The molecule has 1 fully saturated rings. The Kier molecular flexibility index (Phi) is 7.27. The highest BCUT2D eigenvalue weighted by molar-refractivity contribution is 6.36. The van der Waals surface area contributed by atoms with Crippen molar-refractivity contribution in [3.8, 4) is 5.75 Å². The molecule has 0 radical (unpaired) electrons. The number of aromatic nitrogens is 6. The van der Waals surface area contributed by atoms with Gasteiger partial charge in [-0.2, -0.15) is 23.3 Å². The number of aryl methyl sites for hydroxylation is 1. The van der Waals surface area contributed by atoms with Gasteiger partial charge >= 0.3 is 6.18 Å². The minimum absolute atomic E-state index is 0.0455. The number of carbonyl (C=O) groups is 1. The van der Waals surface area contributed by atoms with Crippen LogP contribution in [0.25, 0.3) is 16.9 Å². The average Bonchev–Trinajstić information content (AvgIpc) is 3.50. The Morgan fingerprint density at radius 1 is 1.25 bits per heavy atom. The highest BCUT2D eigenvalue weighted by Gasteiger charge is 2.38. The molecule has 5 heterocycles. The van der Waals surface area contributed by atoms with Gasteiger partial charge in [-0.3, -0.25) is 14.5 Å². The molecule has 1 aliphatic rings. The van der Waals surface area contributed by atoms with Crippen molar-refractivity contribution >= 4 is 46.2 Å². The molecule has 0 unspecified atom stereocenters. The number of nitrogens with one attached hydrogen (secondary N) is 1. The van der Waals surface area contributed by atoms with Crippen LogP contribution in [0.3, 0.4) is 0 Å². The van der Waals surface area contributed by atoms with Crippen molar-refractivity contribution < 1.29 is 22.7 Å². The molecule has 0 aliphatic carbocycles. The van der Waals surface area contributed by atoms with Gasteiger partial charge in [0.1, 0.15) is 21.9 Å². The van der Waals surface area contributed by atoms with E-state index in [2.05, 4.69) is 25.4 Å². The van der Waals surface area contributed by atoms with Crippen molar-refractivity contribution in [2.24, 2.45) is 12.8 Å². The molecular weight excluding hydrogens is 551 g/mol. The number of fused-ring (bicyclic) bond motifs is 1. The average molecular weight is 576 g/mol. The zero-order chi connectivity index (χ0) is 28.6. The molecular formula is C25H25ClF3N9O2. The number of ether oxygens (including phenoxy) is 1. The Morgan fingerprint density at radius 2 is 2.00 bits per heavy atom. The zero-order valence-electron chi connectivity index (χ0n) is 21.5. The lowest BCUT2D eigenvalue weighted by Gasteiger charge is -2.32. The van der Waals surface area contributed by atoms with E-state index in [9.17, 15) is 18.0 Å². The third-order valence-electron chi connectivity index (χ3n) is 6.62. The SMILES string of the molecule is CC(=O)N1CCC(n2nc(Nc3nc4ncc(OC(=CN)c5ccccn5)c(Cl)c4n3C)cc2C(F)(F)F)CC1. The maximum absolute atomic E-state index is 13.9. The fourth-order valence-corrected chi connectivity index (χ4v) is 4.88. The largest absolute Gasteiger partial charge is 0.450 e. The number of imidazole rings is 1. The summed E-state index contributed by atoms with van der Waals surface area (Å²) in [6.45, 7) is 2.17. The fourth-order valence-electron chi connectivity index (χ4n) is 4.58. The Bertz CT molecular complexity index is 1580. The summed E-state index contributed by atoms with van der Waals surface area (Å²) in [5.74, 6) is 0.462. The highest BCUT2D eigenvalue weighted by atomic mass is 35.5. The van der Waals surface area contributed by atoms with Crippen molar-refractivity contribution in [1.82, 2.24) is 34.2 Å². The van der Waals surface area contributed by atoms with Crippen molar-refractivity contribution in [3.05, 3.63) is 59.3 Å². The number of rotatable bonds is 6. The molecule has 40 heavy (non-hydrogen) atoms. The van der Waals surface area contributed by atoms with E-state index in [1.165, 1.54) is 19.3 Å². The van der Waals surface area contributed by atoms with Gasteiger partial charge in [0.2, 0.25) is 11.9 Å². The van der Waals surface area contributed by atoms with Gasteiger partial charge in [0.05, 0.1) is 12.2 Å². The molecule has 15 heteroatoms. The van der Waals surface area contributed by atoms with Gasteiger partial charge in [-0.1, -0.05) is 17.7 Å². The first-order valence-corrected chi connectivity index (χ1v) is 12.7. The number of nitrogens with two attached hydrogens (primary N) is 1. The summed E-state index contributed by atoms with van der Waals surface area (Å²) in [5, 5.41) is 7.25. The van der Waals surface area contributed by atoms with E-state index < -0.39 is 17.9 Å². The number of carbonyl (C=O) groups excluding carboxylic acids is 1. The topological polar surface area (TPSA) is 129 Å². The molecule has 1 saturated heterocycles. The third-order valence-corrected chi connectivity index (χ3v) is 6.98. The minimum atomic E-state index is -4.63. The predicted octanol–water partition coefficient (Wildman–Crippen LogP) is 4.50. The summed E-state index contributed by atoms with van der Waals surface area (Å²) in [6.07, 6.45) is 0.294. The molecule has 5 rings (SSSR count). The first-order valence-electron chi connectivity index (χ1n) is 12.3. The number of pyridine rings is 2. The van der Waals surface area contributed by atoms with E-state index in [1.807, 2.05) is 0 Å². The summed E-state index contributed by atoms with van der Waals surface area (Å²) < 4.78 is 50.2. The van der Waals surface area contributed by atoms with Gasteiger partial charge in [0.15, 0.2) is 23.0 Å². The van der Waals surface area contributed by atoms with Crippen molar-refractivity contribution in [2.75, 3.05) is 18.4 Å². The van der Waals surface area contributed by atoms with Crippen LogP contribution in [0.4, 0.5) is 24.9 Å². The van der Waals surface area contributed by atoms with Crippen LogP contribution in [0, 0.1) is 0 Å². The highest BCUT2D eigenvalue weighted by Crippen LogP contribution is 2.37. The van der Waals surface area contributed by atoms with E-state index in [0.717, 1.165) is 10.7 Å². The zero-order valence-corrected chi connectivity index (χ0v) is 22.2. The second-order valence-electron chi connectivity index (χ2n) is 9.17. The molecule has 0 aromatic carbocycles. The number of alkyl halides is 3. The Morgan fingerprint density at radius 3 is 2.62 bits per heavy atom. The summed E-state index contributed by atoms with van der Waals surface area (Å²) in [6, 6.07) is 5.66. The number of halogens is 4. The van der Waals surface area contributed by atoms with Gasteiger partial charge in [-0.05, 0) is 25.0 Å². The molecule has 0 spiro atoms. The van der Waals surface area contributed by atoms with E-state index in [-0.39, 0.29) is 39.9 Å². The van der Waals surface area contributed by atoms with Crippen molar-refractivity contribution in [2.45, 2.75) is 32.0 Å². The van der Waals surface area contributed by atoms with Crippen LogP contribution in [-0.2, 0) is 18.0 Å². The lowest BCUT2D eigenvalue weighted by atomic mass is 10.0. The van der Waals surface area contributed by atoms with Gasteiger partial charge in [0.25, 0.3) is 0 Å². The standard InChI is InChI=1S/C25H25ClF3N9O2/c1-14(39)37-9-6-15(7-10-37)38-19(25(27,28)29)11-20(35-38)33-24-34-23-22(36(24)2)21(26)18(13-32-23)40-17(12-30)16-5-3-4-8-31-16/h3-5,8,11-13,15H,6-7,9-10,30H2,1-2H3,(H,32,33,34,35). The smallest absolute Gasteiger partial charge is 0.433 e. The molecule has 11 nitrogen and oxygen atoms in total. The van der Waals surface area contributed by atoms with E-state index in [1.54, 1.807) is 40.9 Å². The predicted molar refractivity (Wildman–Crippen MR) is 142 cm³/mol. The van der Waals surface area contributed by atoms with Crippen molar-refractivity contribution in [3.63, 3.8) is 0 Å². The van der Waals surface area contributed by atoms with Crippen LogP contribution in [0.2, 0.25) is 5.02 Å². The van der Waals surface area contributed by atoms with Crippen LogP contribution < -0.4 is 15.8 Å². The van der Waals surface area contributed by atoms with Crippen LogP contribution in [0.1, 0.15) is 37.2 Å². The van der Waals surface area contributed by atoms with E-state index in [0.29, 0.717) is 37.1 Å². The molecule has 1 amide bonds. The van der Waals surface area contributed by atoms with Gasteiger partial charge in [-0.25, -0.2) is 4.98 Å². The molecule has 1 aliphatic heterocycles. The number of piperidine rings is 1. The summed E-state index contributed by atoms with van der Waals surface area (Å²) >= 11 is 6.64. The number of amides is 1.